The molecule has 0 spiro atoms. The van der Waals surface area contributed by atoms with Crippen LogP contribution in [0.25, 0.3) is 0 Å². The molecule has 0 heterocycles. The van der Waals surface area contributed by atoms with E-state index in [1.165, 1.54) is 0 Å². The molecule has 2 aromatic rings. The van der Waals surface area contributed by atoms with Gasteiger partial charge < -0.3 is 10.2 Å². The van der Waals surface area contributed by atoms with E-state index in [0.717, 1.165) is 24.0 Å². The maximum Gasteiger partial charge on any atom is 0.0873 e. The molecular weight excluding hydrogens is 248 g/mol. The van der Waals surface area contributed by atoms with Crippen molar-refractivity contribution < 1.29 is 10.2 Å². The third-order valence-electron chi connectivity index (χ3n) is 4.42. The fraction of sp³-hybridized carbons (Fsp3) is 0.333. The van der Waals surface area contributed by atoms with E-state index in [2.05, 4.69) is 0 Å². The second-order valence-corrected chi connectivity index (χ2v) is 5.59. The fourth-order valence-electron chi connectivity index (χ4n) is 3.30. The molecule has 0 saturated heterocycles. The van der Waals surface area contributed by atoms with Crippen LogP contribution in [0.3, 0.4) is 0 Å². The Morgan fingerprint density at radius 3 is 1.30 bits per heavy atom. The van der Waals surface area contributed by atoms with Crippen molar-refractivity contribution in [3.05, 3.63) is 71.8 Å². The summed E-state index contributed by atoms with van der Waals surface area (Å²) in [4.78, 5) is 0. The second kappa shape index (κ2) is 5.78. The van der Waals surface area contributed by atoms with Crippen LogP contribution in [0, 0.1) is 0 Å². The lowest BCUT2D eigenvalue weighted by atomic mass is 9.72. The van der Waals surface area contributed by atoms with Gasteiger partial charge >= 0.3 is 0 Å². The van der Waals surface area contributed by atoms with Gasteiger partial charge in [0.2, 0.25) is 0 Å². The molecule has 0 aromatic heterocycles. The van der Waals surface area contributed by atoms with Gasteiger partial charge in [-0.3, -0.25) is 0 Å². The molecule has 2 aromatic carbocycles. The predicted molar refractivity (Wildman–Crippen MR) is 79.6 cm³/mol. The minimum absolute atomic E-state index is 0.0335. The van der Waals surface area contributed by atoms with Gasteiger partial charge in [0.25, 0.3) is 0 Å². The zero-order valence-electron chi connectivity index (χ0n) is 11.4. The van der Waals surface area contributed by atoms with Crippen LogP contribution in [0.1, 0.15) is 35.8 Å². The molecule has 0 amide bonds. The van der Waals surface area contributed by atoms with Crippen LogP contribution in [-0.2, 0) is 0 Å². The first-order valence-corrected chi connectivity index (χ1v) is 7.23. The van der Waals surface area contributed by atoms with Crippen molar-refractivity contribution in [1.29, 1.82) is 0 Å². The van der Waals surface area contributed by atoms with Crippen LogP contribution in [0.15, 0.2) is 60.7 Å². The number of benzene rings is 2. The Balaban J connectivity index is 1.81. The molecule has 1 aliphatic carbocycles. The van der Waals surface area contributed by atoms with Crippen molar-refractivity contribution in [2.24, 2.45) is 0 Å². The Morgan fingerprint density at radius 2 is 0.950 bits per heavy atom. The number of hydrogen-bond acceptors (Lipinski definition) is 2. The first-order valence-electron chi connectivity index (χ1n) is 7.23. The van der Waals surface area contributed by atoms with E-state index in [1.54, 1.807) is 0 Å². The molecular formula is C18H20O2. The summed E-state index contributed by atoms with van der Waals surface area (Å²) in [6.07, 6.45) is 0.413. The molecule has 3 rings (SSSR count). The van der Waals surface area contributed by atoms with E-state index in [0.29, 0.717) is 0 Å². The maximum atomic E-state index is 10.5. The maximum absolute atomic E-state index is 10.5. The topological polar surface area (TPSA) is 40.5 Å². The summed E-state index contributed by atoms with van der Waals surface area (Å²) in [6, 6.07) is 20.0. The molecule has 0 bridgehead atoms. The van der Waals surface area contributed by atoms with Gasteiger partial charge in [-0.15, -0.1) is 0 Å². The van der Waals surface area contributed by atoms with Gasteiger partial charge in [-0.05, 0) is 24.0 Å². The Bertz CT molecular complexity index is 486. The highest BCUT2D eigenvalue weighted by Crippen LogP contribution is 2.40. The summed E-state index contributed by atoms with van der Waals surface area (Å²) in [5.41, 5.74) is 2.23. The first kappa shape index (κ1) is 13.3. The normalized spacial score (nSPS) is 30.1. The summed E-state index contributed by atoms with van der Waals surface area (Å²) in [5.74, 6) is 0.0670. The average Bonchev–Trinajstić information content (AvgIpc) is 2.52. The van der Waals surface area contributed by atoms with Crippen LogP contribution in [0.2, 0.25) is 0 Å². The van der Waals surface area contributed by atoms with Gasteiger partial charge in [0, 0.05) is 11.8 Å². The van der Waals surface area contributed by atoms with Crippen molar-refractivity contribution in [1.82, 2.24) is 0 Å². The molecule has 2 heteroatoms. The van der Waals surface area contributed by atoms with Gasteiger partial charge in [-0.25, -0.2) is 0 Å². The standard InChI is InChI=1S/C18H20O2/c19-17-15(13-7-3-1-4-8-13)11-12-16(18(17)20)14-9-5-2-6-10-14/h1-10,15-20H,11-12H2/t15-,16-,17-,18+/m1/s1. The molecule has 20 heavy (non-hydrogen) atoms. The van der Waals surface area contributed by atoms with E-state index in [9.17, 15) is 10.2 Å². The fourth-order valence-corrected chi connectivity index (χ4v) is 3.30. The molecule has 1 fully saturated rings. The van der Waals surface area contributed by atoms with Crippen LogP contribution >= 0.6 is 0 Å². The van der Waals surface area contributed by atoms with Crippen LogP contribution in [0.4, 0.5) is 0 Å². The molecule has 2 nitrogen and oxygen atoms in total. The predicted octanol–water partition coefficient (Wildman–Crippen LogP) is 3.07. The summed E-state index contributed by atoms with van der Waals surface area (Å²) < 4.78 is 0. The average molecular weight is 268 g/mol. The number of aliphatic hydroxyl groups excluding tert-OH is 2. The zero-order valence-corrected chi connectivity index (χ0v) is 11.4. The minimum atomic E-state index is -0.698. The Morgan fingerprint density at radius 1 is 0.600 bits per heavy atom. The number of aliphatic hydroxyl groups is 2. The zero-order chi connectivity index (χ0) is 13.9. The highest BCUT2D eigenvalue weighted by atomic mass is 16.3. The van der Waals surface area contributed by atoms with E-state index >= 15 is 0 Å². The van der Waals surface area contributed by atoms with Crippen molar-refractivity contribution in [2.75, 3.05) is 0 Å². The monoisotopic (exact) mass is 268 g/mol. The van der Waals surface area contributed by atoms with E-state index in [4.69, 9.17) is 0 Å². The highest BCUT2D eigenvalue weighted by Gasteiger charge is 2.38. The molecule has 1 saturated carbocycles. The molecule has 1 aliphatic rings. The summed E-state index contributed by atoms with van der Waals surface area (Å²) >= 11 is 0. The lowest BCUT2D eigenvalue weighted by Gasteiger charge is -2.38. The second-order valence-electron chi connectivity index (χ2n) is 5.59. The van der Waals surface area contributed by atoms with Gasteiger partial charge in [-0.1, -0.05) is 60.7 Å². The van der Waals surface area contributed by atoms with Gasteiger partial charge in [0.15, 0.2) is 0 Å². The van der Waals surface area contributed by atoms with Gasteiger partial charge in [0.1, 0.15) is 0 Å². The lowest BCUT2D eigenvalue weighted by Crippen LogP contribution is -2.41. The molecule has 2 N–H and O–H groups in total. The third kappa shape index (κ3) is 2.49. The molecule has 0 unspecified atom stereocenters. The summed E-state index contributed by atoms with van der Waals surface area (Å²) in [7, 11) is 0. The van der Waals surface area contributed by atoms with Crippen molar-refractivity contribution in [3.8, 4) is 0 Å². The van der Waals surface area contributed by atoms with Crippen molar-refractivity contribution in [2.45, 2.75) is 36.9 Å². The van der Waals surface area contributed by atoms with Crippen molar-refractivity contribution in [3.63, 3.8) is 0 Å². The first-order chi connectivity index (χ1) is 9.77. The van der Waals surface area contributed by atoms with E-state index in [1.807, 2.05) is 60.7 Å². The van der Waals surface area contributed by atoms with Gasteiger partial charge in [-0.2, -0.15) is 0 Å². The van der Waals surface area contributed by atoms with Crippen molar-refractivity contribution >= 4 is 0 Å². The van der Waals surface area contributed by atoms with Gasteiger partial charge in [0.05, 0.1) is 12.2 Å². The van der Waals surface area contributed by atoms with E-state index < -0.39 is 12.2 Å². The molecule has 104 valence electrons. The van der Waals surface area contributed by atoms with E-state index in [-0.39, 0.29) is 11.8 Å². The number of hydrogen-bond donors (Lipinski definition) is 2. The Kier molecular flexibility index (Phi) is 3.86. The smallest absolute Gasteiger partial charge is 0.0873 e. The molecule has 0 radical (unpaired) electrons. The van der Waals surface area contributed by atoms with Crippen LogP contribution in [-0.4, -0.2) is 22.4 Å². The Hall–Kier alpha value is -1.64. The molecule has 0 aliphatic heterocycles. The highest BCUT2D eigenvalue weighted by molar-refractivity contribution is 5.27. The number of rotatable bonds is 2. The van der Waals surface area contributed by atoms with Crippen LogP contribution < -0.4 is 0 Å². The third-order valence-corrected chi connectivity index (χ3v) is 4.42. The minimum Gasteiger partial charge on any atom is -0.390 e. The molecule has 4 atom stereocenters. The Labute approximate surface area is 119 Å². The summed E-state index contributed by atoms with van der Waals surface area (Å²) in [6.45, 7) is 0. The summed E-state index contributed by atoms with van der Waals surface area (Å²) in [5, 5.41) is 20.9. The lowest BCUT2D eigenvalue weighted by molar-refractivity contribution is -0.0361. The van der Waals surface area contributed by atoms with Crippen LogP contribution in [0.5, 0.6) is 0 Å². The quantitative estimate of drug-likeness (QED) is 0.878. The SMILES string of the molecule is O[C@@H]1[C@H](O)[C@@H](c2ccccc2)CC[C@@H]1c1ccccc1. The largest absolute Gasteiger partial charge is 0.390 e.